The summed E-state index contributed by atoms with van der Waals surface area (Å²) < 4.78 is 2.42. The number of nitrogens with zero attached hydrogens (tertiary/aromatic N) is 3. The molecule has 1 aromatic heterocycles. The number of amides is 1. The molecule has 1 amide bonds. The Balaban J connectivity index is 1.69. The van der Waals surface area contributed by atoms with Gasteiger partial charge in [-0.05, 0) is 23.8 Å². The van der Waals surface area contributed by atoms with Crippen LogP contribution in [0.4, 0.5) is 0 Å². The quantitative estimate of drug-likeness (QED) is 0.449. The van der Waals surface area contributed by atoms with E-state index < -0.39 is 5.97 Å². The van der Waals surface area contributed by atoms with Gasteiger partial charge in [-0.25, -0.2) is 0 Å². The molecule has 1 fully saturated rings. The molecule has 0 saturated carbocycles. The molecule has 1 saturated heterocycles. The molecule has 0 radical (unpaired) electrons. The smallest absolute Gasteiger partial charge is 0.305 e. The average molecular weight is 448 g/mol. The van der Waals surface area contributed by atoms with E-state index in [9.17, 15) is 14.9 Å². The normalized spacial score (nSPS) is 15.1. The summed E-state index contributed by atoms with van der Waals surface area (Å²) >= 11 is 6.46. The second-order valence-electron chi connectivity index (χ2n) is 6.98. The Morgan fingerprint density at radius 3 is 2.71 bits per heavy atom. The minimum Gasteiger partial charge on any atom is -0.481 e. The molecule has 0 spiro atoms. The molecule has 3 aromatic rings. The van der Waals surface area contributed by atoms with Gasteiger partial charge in [-0.2, -0.15) is 5.26 Å². The molecule has 154 valence electrons. The predicted octanol–water partition coefficient (Wildman–Crippen LogP) is 4.24. The van der Waals surface area contributed by atoms with Gasteiger partial charge >= 0.3 is 5.97 Å². The first-order valence-electron chi connectivity index (χ1n) is 9.51. The summed E-state index contributed by atoms with van der Waals surface area (Å²) in [5, 5.41) is 19.3. The highest BCUT2D eigenvalue weighted by molar-refractivity contribution is 8.26. The van der Waals surface area contributed by atoms with Gasteiger partial charge in [-0.1, -0.05) is 60.4 Å². The number of rotatable bonds is 6. The van der Waals surface area contributed by atoms with Gasteiger partial charge in [0.05, 0.1) is 23.0 Å². The van der Waals surface area contributed by atoms with Crippen molar-refractivity contribution in [3.05, 3.63) is 76.3 Å². The van der Waals surface area contributed by atoms with Gasteiger partial charge in [0, 0.05) is 35.8 Å². The molecule has 6 nitrogen and oxygen atoms in total. The number of fused-ring (bicyclic) bond motifs is 1. The molecule has 8 heteroatoms. The van der Waals surface area contributed by atoms with Gasteiger partial charge in [0.1, 0.15) is 4.32 Å². The first-order chi connectivity index (χ1) is 15.0. The summed E-state index contributed by atoms with van der Waals surface area (Å²) in [7, 11) is 0. The zero-order chi connectivity index (χ0) is 22.0. The van der Waals surface area contributed by atoms with Crippen molar-refractivity contribution < 1.29 is 14.7 Å². The molecule has 2 aromatic carbocycles. The Hall–Kier alpha value is -3.41. The number of nitriles is 1. The number of hydrogen-bond acceptors (Lipinski definition) is 5. The van der Waals surface area contributed by atoms with Crippen molar-refractivity contribution in [1.82, 2.24) is 9.47 Å². The number of carboxylic acid groups (broad SMARTS) is 1. The van der Waals surface area contributed by atoms with E-state index in [4.69, 9.17) is 17.3 Å². The van der Waals surface area contributed by atoms with E-state index >= 15 is 0 Å². The van der Waals surface area contributed by atoms with Crippen LogP contribution in [0.2, 0.25) is 0 Å². The molecule has 0 bridgehead atoms. The Morgan fingerprint density at radius 2 is 1.94 bits per heavy atom. The molecule has 0 aliphatic carbocycles. The number of carboxylic acids is 1. The summed E-state index contributed by atoms with van der Waals surface area (Å²) in [6, 6.07) is 17.6. The van der Waals surface area contributed by atoms with E-state index in [-0.39, 0.29) is 18.9 Å². The lowest BCUT2D eigenvalue weighted by Crippen LogP contribution is -2.30. The molecular formula is C23H17N3O3S2. The van der Waals surface area contributed by atoms with Gasteiger partial charge in [-0.3, -0.25) is 14.5 Å². The number of carbonyl (C=O) groups excluding carboxylic acids is 1. The van der Waals surface area contributed by atoms with Crippen LogP contribution in [0.3, 0.4) is 0 Å². The van der Waals surface area contributed by atoms with Crippen molar-refractivity contribution in [1.29, 1.82) is 5.26 Å². The van der Waals surface area contributed by atoms with Crippen LogP contribution >= 0.6 is 24.0 Å². The third kappa shape index (κ3) is 4.24. The lowest BCUT2D eigenvalue weighted by atomic mass is 10.1. The number of thiocarbonyl (C=S) groups is 1. The number of carbonyl (C=O) groups is 2. The maximum atomic E-state index is 12.8. The van der Waals surface area contributed by atoms with E-state index in [1.54, 1.807) is 12.1 Å². The van der Waals surface area contributed by atoms with Crippen LogP contribution in [0, 0.1) is 11.3 Å². The van der Waals surface area contributed by atoms with Gasteiger partial charge in [-0.15, -0.1) is 0 Å². The predicted molar refractivity (Wildman–Crippen MR) is 124 cm³/mol. The van der Waals surface area contributed by atoms with Crippen molar-refractivity contribution >= 4 is 57.2 Å². The summed E-state index contributed by atoms with van der Waals surface area (Å²) in [4.78, 5) is 25.4. The minimum absolute atomic E-state index is 0.0596. The van der Waals surface area contributed by atoms with Crippen molar-refractivity contribution in [2.45, 2.75) is 13.0 Å². The highest BCUT2D eigenvalue weighted by Crippen LogP contribution is 2.34. The minimum atomic E-state index is -0.973. The van der Waals surface area contributed by atoms with Crippen LogP contribution in [-0.4, -0.2) is 37.3 Å². The highest BCUT2D eigenvalue weighted by Gasteiger charge is 2.32. The van der Waals surface area contributed by atoms with Crippen LogP contribution < -0.4 is 0 Å². The van der Waals surface area contributed by atoms with Crippen molar-refractivity contribution in [3.8, 4) is 6.07 Å². The number of aromatic nitrogens is 1. The monoisotopic (exact) mass is 447 g/mol. The molecule has 0 atom stereocenters. The fourth-order valence-electron chi connectivity index (χ4n) is 3.51. The summed E-state index contributed by atoms with van der Waals surface area (Å²) in [6.45, 7) is 0.585. The topological polar surface area (TPSA) is 86.3 Å². The van der Waals surface area contributed by atoms with E-state index in [0.717, 1.165) is 22.0 Å². The van der Waals surface area contributed by atoms with Crippen LogP contribution in [-0.2, 0) is 16.1 Å². The average Bonchev–Trinajstić information content (AvgIpc) is 3.24. The maximum Gasteiger partial charge on any atom is 0.305 e. The van der Waals surface area contributed by atoms with Crippen LogP contribution in [0.25, 0.3) is 17.0 Å². The number of para-hydroxylation sites is 1. The molecule has 1 aliphatic heterocycles. The molecule has 2 heterocycles. The molecule has 1 N–H and O–H groups in total. The van der Waals surface area contributed by atoms with Crippen LogP contribution in [0.15, 0.2) is 59.6 Å². The Bertz CT molecular complexity index is 1290. The number of aliphatic carboxylic acids is 1. The summed E-state index contributed by atoms with van der Waals surface area (Å²) in [6.07, 6.45) is 3.61. The van der Waals surface area contributed by atoms with E-state index in [0.29, 0.717) is 21.3 Å². The first kappa shape index (κ1) is 20.8. The largest absolute Gasteiger partial charge is 0.481 e. The molecular weight excluding hydrogens is 430 g/mol. The van der Waals surface area contributed by atoms with E-state index in [1.165, 1.54) is 16.7 Å². The standard InChI is InChI=1S/C23H17N3O3S2/c24-12-15-5-1-2-6-16(15)13-25-14-17(18-7-3-4-8-19(18)25)11-20-22(29)26(23(30)31-20)10-9-21(27)28/h1-8,11,14H,9-10,13H2,(H,27,28)/b20-11+. The van der Waals surface area contributed by atoms with Crippen LogP contribution in [0.5, 0.6) is 0 Å². The first-order valence-corrected chi connectivity index (χ1v) is 10.7. The van der Waals surface area contributed by atoms with Gasteiger partial charge in [0.25, 0.3) is 5.91 Å². The summed E-state index contributed by atoms with van der Waals surface area (Å²) in [5.41, 5.74) is 3.39. The Kier molecular flexibility index (Phi) is 5.89. The lowest BCUT2D eigenvalue weighted by molar-refractivity contribution is -0.137. The van der Waals surface area contributed by atoms with Crippen LogP contribution in [0.1, 0.15) is 23.1 Å². The van der Waals surface area contributed by atoms with Gasteiger partial charge < -0.3 is 9.67 Å². The van der Waals surface area contributed by atoms with Gasteiger partial charge in [0.15, 0.2) is 0 Å². The second-order valence-corrected chi connectivity index (χ2v) is 8.65. The lowest BCUT2D eigenvalue weighted by Gasteiger charge is -2.12. The van der Waals surface area contributed by atoms with Crippen molar-refractivity contribution in [3.63, 3.8) is 0 Å². The molecule has 1 aliphatic rings. The third-order valence-electron chi connectivity index (χ3n) is 5.01. The SMILES string of the molecule is N#Cc1ccccc1Cn1cc(/C=C2/SC(=S)N(CCC(=O)O)C2=O)c2ccccc21. The zero-order valence-electron chi connectivity index (χ0n) is 16.3. The van der Waals surface area contributed by atoms with E-state index in [1.807, 2.05) is 48.7 Å². The van der Waals surface area contributed by atoms with Gasteiger partial charge in [0.2, 0.25) is 0 Å². The summed E-state index contributed by atoms with van der Waals surface area (Å²) in [5.74, 6) is -1.25. The third-order valence-corrected chi connectivity index (χ3v) is 6.39. The highest BCUT2D eigenvalue weighted by atomic mass is 32.2. The number of benzene rings is 2. The van der Waals surface area contributed by atoms with E-state index in [2.05, 4.69) is 10.6 Å². The Morgan fingerprint density at radius 1 is 1.19 bits per heavy atom. The molecule has 4 rings (SSSR count). The molecule has 0 unspecified atom stereocenters. The zero-order valence-corrected chi connectivity index (χ0v) is 17.9. The van der Waals surface area contributed by atoms with Crippen molar-refractivity contribution in [2.24, 2.45) is 0 Å². The molecule has 31 heavy (non-hydrogen) atoms. The Labute approximate surface area is 188 Å². The number of thioether (sulfide) groups is 1. The second kappa shape index (κ2) is 8.76. The fraction of sp³-hybridized carbons (Fsp3) is 0.130. The maximum absolute atomic E-state index is 12.8. The fourth-order valence-corrected chi connectivity index (χ4v) is 4.81. The number of hydrogen-bond donors (Lipinski definition) is 1. The van der Waals surface area contributed by atoms with Crippen molar-refractivity contribution in [2.75, 3.05) is 6.54 Å².